The summed E-state index contributed by atoms with van der Waals surface area (Å²) in [5.74, 6) is -4.31. The van der Waals surface area contributed by atoms with Crippen LogP contribution in [0.5, 0.6) is 0 Å². The summed E-state index contributed by atoms with van der Waals surface area (Å²) in [6.07, 6.45) is -0.423. The maximum absolute atomic E-state index is 13.2. The van der Waals surface area contributed by atoms with E-state index >= 15 is 0 Å². The molecule has 0 aliphatic heterocycles. The van der Waals surface area contributed by atoms with Crippen LogP contribution >= 0.6 is 0 Å². The van der Waals surface area contributed by atoms with Crippen LogP contribution in [-0.2, 0) is 9.53 Å². The third-order valence-electron chi connectivity index (χ3n) is 2.06. The molecular weight excluding hydrogens is 223 g/mol. The molecule has 1 atom stereocenters. The van der Waals surface area contributed by atoms with E-state index < -0.39 is 41.4 Å². The summed E-state index contributed by atoms with van der Waals surface area (Å²) in [6.45, 7) is 0. The van der Waals surface area contributed by atoms with Crippen molar-refractivity contribution in [2.75, 3.05) is 7.11 Å². The lowest BCUT2D eigenvalue weighted by Crippen LogP contribution is -2.19. The molecule has 0 unspecified atom stereocenters. The standard InChI is InChI=1S/C10H10F3NO2/c1-16-8(15)4-7(14)9-5(11)2-3-6(12)10(9)13/h2-3,7H,4,14H2,1H3/t7-/m0/s1. The average Bonchev–Trinajstić information content (AvgIpc) is 2.24. The van der Waals surface area contributed by atoms with Crippen LogP contribution in [0.25, 0.3) is 0 Å². The maximum Gasteiger partial charge on any atom is 0.307 e. The molecule has 0 aliphatic carbocycles. The SMILES string of the molecule is COC(=O)C[C@H](N)c1c(F)ccc(F)c1F. The normalized spacial score (nSPS) is 12.3. The van der Waals surface area contributed by atoms with E-state index in [1.54, 1.807) is 0 Å². The molecular formula is C10H10F3NO2. The van der Waals surface area contributed by atoms with Gasteiger partial charge in [0.1, 0.15) is 5.82 Å². The lowest BCUT2D eigenvalue weighted by Gasteiger charge is -2.12. The fourth-order valence-corrected chi connectivity index (χ4v) is 1.25. The molecule has 0 bridgehead atoms. The molecule has 2 N–H and O–H groups in total. The van der Waals surface area contributed by atoms with Crippen molar-refractivity contribution in [2.24, 2.45) is 5.73 Å². The van der Waals surface area contributed by atoms with Gasteiger partial charge in [-0.1, -0.05) is 0 Å². The molecule has 0 heterocycles. The van der Waals surface area contributed by atoms with Gasteiger partial charge in [-0.25, -0.2) is 13.2 Å². The molecule has 1 aromatic carbocycles. The summed E-state index contributed by atoms with van der Waals surface area (Å²) in [7, 11) is 1.12. The molecule has 0 radical (unpaired) electrons. The minimum atomic E-state index is -1.38. The highest BCUT2D eigenvalue weighted by Crippen LogP contribution is 2.23. The Labute approximate surface area is 90.0 Å². The fraction of sp³-hybridized carbons (Fsp3) is 0.300. The second kappa shape index (κ2) is 4.98. The molecule has 16 heavy (non-hydrogen) atoms. The van der Waals surface area contributed by atoms with E-state index in [0.717, 1.165) is 13.2 Å². The van der Waals surface area contributed by atoms with Gasteiger partial charge in [-0.15, -0.1) is 0 Å². The lowest BCUT2D eigenvalue weighted by molar-refractivity contribution is -0.141. The molecule has 3 nitrogen and oxygen atoms in total. The molecule has 1 rings (SSSR count). The number of esters is 1. The van der Waals surface area contributed by atoms with Gasteiger partial charge >= 0.3 is 5.97 Å². The first-order valence-electron chi connectivity index (χ1n) is 4.43. The Morgan fingerprint density at radius 1 is 1.38 bits per heavy atom. The van der Waals surface area contributed by atoms with Crippen molar-refractivity contribution >= 4 is 5.97 Å². The van der Waals surface area contributed by atoms with E-state index in [1.165, 1.54) is 0 Å². The van der Waals surface area contributed by atoms with Crippen molar-refractivity contribution in [1.82, 2.24) is 0 Å². The first-order chi connectivity index (χ1) is 7.47. The van der Waals surface area contributed by atoms with E-state index in [1.807, 2.05) is 0 Å². The largest absolute Gasteiger partial charge is 0.469 e. The molecule has 0 aromatic heterocycles. The first kappa shape index (κ1) is 12.5. The van der Waals surface area contributed by atoms with E-state index in [-0.39, 0.29) is 0 Å². The summed E-state index contributed by atoms with van der Waals surface area (Å²) in [6, 6.07) is 0.132. The van der Waals surface area contributed by atoms with Gasteiger partial charge in [-0.3, -0.25) is 4.79 Å². The second-order valence-corrected chi connectivity index (χ2v) is 3.14. The number of hydrogen-bond donors (Lipinski definition) is 1. The number of ether oxygens (including phenoxy) is 1. The highest BCUT2D eigenvalue weighted by molar-refractivity contribution is 5.70. The summed E-state index contributed by atoms with van der Waals surface area (Å²) in [5, 5.41) is 0. The number of carbonyl (C=O) groups excluding carboxylic acids is 1. The van der Waals surface area contributed by atoms with Crippen molar-refractivity contribution in [1.29, 1.82) is 0 Å². The van der Waals surface area contributed by atoms with Gasteiger partial charge in [0.25, 0.3) is 0 Å². The molecule has 0 amide bonds. The van der Waals surface area contributed by atoms with E-state index in [9.17, 15) is 18.0 Å². The summed E-state index contributed by atoms with van der Waals surface area (Å²) < 4.78 is 43.5. The van der Waals surface area contributed by atoms with Crippen LogP contribution in [0.2, 0.25) is 0 Å². The Kier molecular flexibility index (Phi) is 3.89. The van der Waals surface area contributed by atoms with Crippen molar-refractivity contribution in [3.05, 3.63) is 35.1 Å². The summed E-state index contributed by atoms with van der Waals surface area (Å²) in [5.41, 5.74) is 4.75. The predicted octanol–water partition coefficient (Wildman–Crippen LogP) is 1.67. The number of methoxy groups -OCH3 is 1. The van der Waals surface area contributed by atoms with Gasteiger partial charge in [-0.05, 0) is 12.1 Å². The van der Waals surface area contributed by atoms with Crippen LogP contribution in [0.15, 0.2) is 12.1 Å². The molecule has 6 heteroatoms. The Bertz CT molecular complexity index is 409. The number of hydrogen-bond acceptors (Lipinski definition) is 3. The van der Waals surface area contributed by atoms with Crippen LogP contribution in [-0.4, -0.2) is 13.1 Å². The van der Waals surface area contributed by atoms with Crippen molar-refractivity contribution < 1.29 is 22.7 Å². The molecule has 0 saturated heterocycles. The van der Waals surface area contributed by atoms with Crippen LogP contribution in [0, 0.1) is 17.5 Å². The van der Waals surface area contributed by atoms with E-state index in [0.29, 0.717) is 6.07 Å². The maximum atomic E-state index is 13.2. The zero-order chi connectivity index (χ0) is 12.3. The molecule has 0 spiro atoms. The van der Waals surface area contributed by atoms with E-state index in [4.69, 9.17) is 5.73 Å². The van der Waals surface area contributed by atoms with Crippen LogP contribution in [0.4, 0.5) is 13.2 Å². The van der Waals surface area contributed by atoms with Crippen molar-refractivity contribution in [2.45, 2.75) is 12.5 Å². The Morgan fingerprint density at radius 2 is 1.94 bits per heavy atom. The smallest absolute Gasteiger partial charge is 0.307 e. The number of halogens is 3. The number of rotatable bonds is 3. The van der Waals surface area contributed by atoms with Crippen LogP contribution in [0.3, 0.4) is 0 Å². The molecule has 88 valence electrons. The van der Waals surface area contributed by atoms with Gasteiger partial charge in [0.15, 0.2) is 11.6 Å². The zero-order valence-electron chi connectivity index (χ0n) is 8.47. The lowest BCUT2D eigenvalue weighted by atomic mass is 10.0. The van der Waals surface area contributed by atoms with Crippen LogP contribution in [0.1, 0.15) is 18.0 Å². The number of nitrogens with two attached hydrogens (primary N) is 1. The van der Waals surface area contributed by atoms with Gasteiger partial charge in [0, 0.05) is 11.6 Å². The topological polar surface area (TPSA) is 52.3 Å². The highest BCUT2D eigenvalue weighted by Gasteiger charge is 2.22. The fourth-order valence-electron chi connectivity index (χ4n) is 1.25. The van der Waals surface area contributed by atoms with Gasteiger partial charge < -0.3 is 10.5 Å². The van der Waals surface area contributed by atoms with E-state index in [2.05, 4.69) is 4.74 Å². The third kappa shape index (κ3) is 2.52. The van der Waals surface area contributed by atoms with Crippen LogP contribution < -0.4 is 5.73 Å². The first-order valence-corrected chi connectivity index (χ1v) is 4.43. The molecule has 0 fully saturated rings. The second-order valence-electron chi connectivity index (χ2n) is 3.14. The monoisotopic (exact) mass is 233 g/mol. The summed E-state index contributed by atoms with van der Waals surface area (Å²) >= 11 is 0. The Balaban J connectivity index is 3.03. The Morgan fingerprint density at radius 3 is 2.50 bits per heavy atom. The van der Waals surface area contributed by atoms with Gasteiger partial charge in [0.05, 0.1) is 13.5 Å². The summed E-state index contributed by atoms with van der Waals surface area (Å²) in [4.78, 5) is 10.9. The third-order valence-corrected chi connectivity index (χ3v) is 2.06. The highest BCUT2D eigenvalue weighted by atomic mass is 19.2. The minimum absolute atomic E-state index is 0.423. The number of benzene rings is 1. The molecule has 0 saturated carbocycles. The van der Waals surface area contributed by atoms with Crippen molar-refractivity contribution in [3.8, 4) is 0 Å². The molecule has 0 aliphatic rings. The number of carbonyl (C=O) groups is 1. The average molecular weight is 233 g/mol. The van der Waals surface area contributed by atoms with Crippen molar-refractivity contribution in [3.63, 3.8) is 0 Å². The van der Waals surface area contributed by atoms with Gasteiger partial charge in [0.2, 0.25) is 0 Å². The molecule has 1 aromatic rings. The predicted molar refractivity (Wildman–Crippen MR) is 49.9 cm³/mol. The van der Waals surface area contributed by atoms with Gasteiger partial charge in [-0.2, -0.15) is 0 Å². The quantitative estimate of drug-likeness (QED) is 0.638. The minimum Gasteiger partial charge on any atom is -0.469 e. The Hall–Kier alpha value is -1.56. The zero-order valence-corrected chi connectivity index (χ0v) is 8.47.